The quantitative estimate of drug-likeness (QED) is 0.908. The van der Waals surface area contributed by atoms with Gasteiger partial charge >= 0.3 is 0 Å². The number of hydrogen-bond acceptors (Lipinski definition) is 4. The van der Waals surface area contributed by atoms with Gasteiger partial charge in [0.1, 0.15) is 5.82 Å². The van der Waals surface area contributed by atoms with Gasteiger partial charge in [-0.2, -0.15) is 0 Å². The molecule has 1 saturated heterocycles. The number of aliphatic hydroxyl groups excluding tert-OH is 1. The molecule has 1 fully saturated rings. The maximum absolute atomic E-state index is 9.05. The molecule has 1 atom stereocenters. The number of anilines is 1. The normalized spacial score (nSPS) is 21.3. The molecule has 0 aliphatic carbocycles. The van der Waals surface area contributed by atoms with Gasteiger partial charge in [-0.3, -0.25) is 4.90 Å². The zero-order chi connectivity index (χ0) is 13.1. The number of rotatable bonds is 3. The summed E-state index contributed by atoms with van der Waals surface area (Å²) in [4.78, 5) is 9.05. The monoisotopic (exact) mass is 269 g/mol. The van der Waals surface area contributed by atoms with Crippen LogP contribution in [0, 0.1) is 0 Å². The van der Waals surface area contributed by atoms with Crippen molar-refractivity contribution in [2.24, 2.45) is 0 Å². The first kappa shape index (κ1) is 13.6. The van der Waals surface area contributed by atoms with E-state index in [0.29, 0.717) is 11.1 Å². The van der Waals surface area contributed by atoms with Crippen LogP contribution in [0.1, 0.15) is 19.4 Å². The zero-order valence-electron chi connectivity index (χ0n) is 10.9. The van der Waals surface area contributed by atoms with E-state index < -0.39 is 0 Å². The predicted octanol–water partition coefficient (Wildman–Crippen LogP) is 1.76. The van der Waals surface area contributed by atoms with Gasteiger partial charge in [-0.25, -0.2) is 4.98 Å². The van der Waals surface area contributed by atoms with E-state index in [0.717, 1.165) is 37.6 Å². The fraction of sp³-hybridized carbons (Fsp3) is 0.615. The van der Waals surface area contributed by atoms with Gasteiger partial charge in [0, 0.05) is 31.9 Å². The average Bonchev–Trinajstić information content (AvgIpc) is 2.38. The van der Waals surface area contributed by atoms with Crippen LogP contribution in [0.15, 0.2) is 12.3 Å². The average molecular weight is 270 g/mol. The first-order valence-corrected chi connectivity index (χ1v) is 6.77. The van der Waals surface area contributed by atoms with Crippen LogP contribution in [0.25, 0.3) is 0 Å². The molecule has 1 N–H and O–H groups in total. The van der Waals surface area contributed by atoms with E-state index in [9.17, 15) is 0 Å². The standard InChI is InChI=1S/C13H20ClN3O/c1-3-16-4-5-17(8-10(16)2)13-12(14)6-11(9-18)7-15-13/h6-7,10,18H,3-5,8-9H2,1-2H3. The highest BCUT2D eigenvalue weighted by Crippen LogP contribution is 2.26. The van der Waals surface area contributed by atoms with Crippen LogP contribution in [0.2, 0.25) is 5.02 Å². The molecule has 2 heterocycles. The van der Waals surface area contributed by atoms with Gasteiger partial charge in [-0.15, -0.1) is 0 Å². The molecule has 2 rings (SSSR count). The summed E-state index contributed by atoms with van der Waals surface area (Å²) in [5.41, 5.74) is 0.754. The Morgan fingerprint density at radius 2 is 2.28 bits per heavy atom. The van der Waals surface area contributed by atoms with E-state index in [1.807, 2.05) is 0 Å². The topological polar surface area (TPSA) is 39.6 Å². The zero-order valence-corrected chi connectivity index (χ0v) is 11.7. The van der Waals surface area contributed by atoms with Crippen LogP contribution in [0.4, 0.5) is 5.82 Å². The second-order valence-corrected chi connectivity index (χ2v) is 5.14. The lowest BCUT2D eigenvalue weighted by Crippen LogP contribution is -2.52. The van der Waals surface area contributed by atoms with Crippen LogP contribution in [-0.4, -0.2) is 47.2 Å². The molecular weight excluding hydrogens is 250 g/mol. The number of piperazine rings is 1. The second-order valence-electron chi connectivity index (χ2n) is 4.73. The Morgan fingerprint density at radius 1 is 1.50 bits per heavy atom. The maximum Gasteiger partial charge on any atom is 0.147 e. The molecule has 5 heteroatoms. The van der Waals surface area contributed by atoms with Crippen LogP contribution in [-0.2, 0) is 6.61 Å². The van der Waals surface area contributed by atoms with Gasteiger partial charge in [-0.1, -0.05) is 18.5 Å². The first-order valence-electron chi connectivity index (χ1n) is 6.40. The minimum Gasteiger partial charge on any atom is -0.392 e. The molecule has 0 amide bonds. The van der Waals surface area contributed by atoms with Gasteiger partial charge in [0.05, 0.1) is 11.6 Å². The largest absolute Gasteiger partial charge is 0.392 e. The van der Waals surface area contributed by atoms with Crippen molar-refractivity contribution in [3.05, 3.63) is 22.8 Å². The van der Waals surface area contributed by atoms with Gasteiger partial charge < -0.3 is 10.0 Å². The Kier molecular flexibility index (Phi) is 4.43. The summed E-state index contributed by atoms with van der Waals surface area (Å²) in [5.74, 6) is 0.830. The van der Waals surface area contributed by atoms with E-state index >= 15 is 0 Å². The SMILES string of the molecule is CCN1CCN(c2ncc(CO)cc2Cl)CC1C. The number of likely N-dealkylation sites (N-methyl/N-ethyl adjacent to an activating group) is 1. The molecule has 1 aromatic heterocycles. The third-order valence-electron chi connectivity index (χ3n) is 3.53. The van der Waals surface area contributed by atoms with E-state index in [-0.39, 0.29) is 6.61 Å². The molecule has 0 saturated carbocycles. The van der Waals surface area contributed by atoms with Crippen molar-refractivity contribution in [2.75, 3.05) is 31.1 Å². The van der Waals surface area contributed by atoms with Gasteiger partial charge in [-0.05, 0) is 25.1 Å². The number of pyridine rings is 1. The van der Waals surface area contributed by atoms with Crippen molar-refractivity contribution in [1.82, 2.24) is 9.88 Å². The number of aromatic nitrogens is 1. The second kappa shape index (κ2) is 5.87. The highest BCUT2D eigenvalue weighted by molar-refractivity contribution is 6.33. The van der Waals surface area contributed by atoms with Crippen molar-refractivity contribution in [3.8, 4) is 0 Å². The lowest BCUT2D eigenvalue weighted by atomic mass is 10.2. The molecule has 0 aromatic carbocycles. The van der Waals surface area contributed by atoms with Gasteiger partial charge in [0.2, 0.25) is 0 Å². The van der Waals surface area contributed by atoms with E-state index in [1.54, 1.807) is 12.3 Å². The summed E-state index contributed by atoms with van der Waals surface area (Å²) in [5, 5.41) is 9.68. The van der Waals surface area contributed by atoms with Crippen LogP contribution in [0.3, 0.4) is 0 Å². The summed E-state index contributed by atoms with van der Waals surface area (Å²) >= 11 is 6.23. The van der Waals surface area contributed by atoms with Crippen LogP contribution >= 0.6 is 11.6 Å². The van der Waals surface area contributed by atoms with Gasteiger partial charge in [0.15, 0.2) is 0 Å². The first-order chi connectivity index (χ1) is 8.65. The summed E-state index contributed by atoms with van der Waals surface area (Å²) in [7, 11) is 0. The Bertz CT molecular complexity index is 413. The molecule has 1 aliphatic heterocycles. The summed E-state index contributed by atoms with van der Waals surface area (Å²) in [6.07, 6.45) is 1.69. The highest BCUT2D eigenvalue weighted by atomic mass is 35.5. The molecule has 4 nitrogen and oxygen atoms in total. The van der Waals surface area contributed by atoms with Crippen LogP contribution < -0.4 is 4.90 Å². The lowest BCUT2D eigenvalue weighted by molar-refractivity contribution is 0.199. The lowest BCUT2D eigenvalue weighted by Gasteiger charge is -2.40. The third-order valence-corrected chi connectivity index (χ3v) is 3.81. The molecule has 0 bridgehead atoms. The Morgan fingerprint density at radius 3 is 2.83 bits per heavy atom. The van der Waals surface area contributed by atoms with Crippen molar-refractivity contribution >= 4 is 17.4 Å². The molecule has 0 spiro atoms. The maximum atomic E-state index is 9.05. The molecule has 1 unspecified atom stereocenters. The Labute approximate surface area is 113 Å². The predicted molar refractivity (Wildman–Crippen MR) is 74.1 cm³/mol. The van der Waals surface area contributed by atoms with E-state index in [4.69, 9.17) is 16.7 Å². The van der Waals surface area contributed by atoms with E-state index in [2.05, 4.69) is 28.6 Å². The molecule has 1 aromatic rings. The minimum atomic E-state index is -0.0208. The molecule has 18 heavy (non-hydrogen) atoms. The molecule has 0 radical (unpaired) electrons. The Balaban J connectivity index is 2.13. The molecule has 1 aliphatic rings. The number of aliphatic hydroxyl groups is 1. The van der Waals surface area contributed by atoms with Crippen molar-refractivity contribution in [2.45, 2.75) is 26.5 Å². The number of nitrogens with zero attached hydrogens (tertiary/aromatic N) is 3. The van der Waals surface area contributed by atoms with E-state index in [1.165, 1.54) is 0 Å². The molecule has 100 valence electrons. The summed E-state index contributed by atoms with van der Waals surface area (Å²) < 4.78 is 0. The van der Waals surface area contributed by atoms with Crippen molar-refractivity contribution in [1.29, 1.82) is 0 Å². The minimum absolute atomic E-state index is 0.0208. The van der Waals surface area contributed by atoms with Crippen LogP contribution in [0.5, 0.6) is 0 Å². The molecular formula is C13H20ClN3O. The number of halogens is 1. The Hall–Kier alpha value is -0.840. The number of hydrogen-bond donors (Lipinski definition) is 1. The van der Waals surface area contributed by atoms with Crippen molar-refractivity contribution < 1.29 is 5.11 Å². The van der Waals surface area contributed by atoms with Gasteiger partial charge in [0.25, 0.3) is 0 Å². The van der Waals surface area contributed by atoms with Crippen molar-refractivity contribution in [3.63, 3.8) is 0 Å². The fourth-order valence-electron chi connectivity index (χ4n) is 2.45. The summed E-state index contributed by atoms with van der Waals surface area (Å²) in [6.45, 7) is 8.41. The summed E-state index contributed by atoms with van der Waals surface area (Å²) in [6, 6.07) is 2.31. The third kappa shape index (κ3) is 2.76. The fourth-order valence-corrected chi connectivity index (χ4v) is 2.76. The highest BCUT2D eigenvalue weighted by Gasteiger charge is 2.24. The smallest absolute Gasteiger partial charge is 0.147 e.